The molecule has 53 heavy (non-hydrogen) atoms. The van der Waals surface area contributed by atoms with Gasteiger partial charge in [-0.25, -0.2) is 0 Å². The molecule has 0 radical (unpaired) electrons. The summed E-state index contributed by atoms with van der Waals surface area (Å²) in [5.74, 6) is 0.366. The Bertz CT molecular complexity index is 1520. The first kappa shape index (κ1) is 53.9. The Labute approximate surface area is 330 Å². The van der Waals surface area contributed by atoms with Crippen LogP contribution in [0.25, 0.3) is 17.2 Å². The molecular formula is C47H76ClNO4. The minimum atomic E-state index is -0.250. The van der Waals surface area contributed by atoms with Crippen molar-refractivity contribution in [1.29, 1.82) is 0 Å². The molecule has 0 atom stereocenters. The van der Waals surface area contributed by atoms with E-state index in [4.69, 9.17) is 25.9 Å². The lowest BCUT2D eigenvalue weighted by atomic mass is 9.84. The fourth-order valence-electron chi connectivity index (χ4n) is 4.47. The van der Waals surface area contributed by atoms with E-state index < -0.39 is 0 Å². The van der Waals surface area contributed by atoms with Crippen LogP contribution in [0, 0.1) is 16.7 Å². The van der Waals surface area contributed by atoms with Gasteiger partial charge >= 0.3 is 0 Å². The highest BCUT2D eigenvalue weighted by Crippen LogP contribution is 2.30. The van der Waals surface area contributed by atoms with Crippen LogP contribution in [0.3, 0.4) is 0 Å². The van der Waals surface area contributed by atoms with Crippen LogP contribution in [0.4, 0.5) is 0 Å². The number of carbonyl (C=O) groups excluding carboxylic acids is 1. The van der Waals surface area contributed by atoms with Crippen molar-refractivity contribution in [2.24, 2.45) is 21.7 Å². The predicted octanol–water partition coefficient (Wildman–Crippen LogP) is 13.9. The number of ketones is 1. The van der Waals surface area contributed by atoms with Crippen LogP contribution in [0.5, 0.6) is 0 Å². The number of nitrogens with zero attached hydrogens (tertiary/aromatic N) is 1. The Morgan fingerprint density at radius 1 is 0.925 bits per heavy atom. The normalized spacial score (nSPS) is 12.9. The second kappa shape index (κ2) is 29.9. The van der Waals surface area contributed by atoms with Crippen molar-refractivity contribution in [2.45, 2.75) is 156 Å². The van der Waals surface area contributed by atoms with Crippen molar-refractivity contribution >= 4 is 46.8 Å². The monoisotopic (exact) mass is 754 g/mol. The molecule has 300 valence electrons. The van der Waals surface area contributed by atoms with E-state index in [0.717, 1.165) is 57.2 Å². The summed E-state index contributed by atoms with van der Waals surface area (Å²) in [4.78, 5) is 25.1. The van der Waals surface area contributed by atoms with Crippen LogP contribution in [-0.2, 0) is 4.79 Å². The molecule has 0 unspecified atom stereocenters. The van der Waals surface area contributed by atoms with Gasteiger partial charge in [-0.3, -0.25) is 14.6 Å². The van der Waals surface area contributed by atoms with Gasteiger partial charge in [0.1, 0.15) is 5.42 Å². The number of halogens is 1. The minimum Gasteiger partial charge on any atom is -0.483 e. The van der Waals surface area contributed by atoms with Gasteiger partial charge in [0.25, 0.3) is 6.47 Å². The number of hydrogen-bond acceptors (Lipinski definition) is 4. The van der Waals surface area contributed by atoms with Gasteiger partial charge in [0.2, 0.25) is 5.78 Å². The molecule has 1 heterocycles. The molecule has 0 amide bonds. The molecule has 5 nitrogen and oxygen atoms in total. The van der Waals surface area contributed by atoms with E-state index in [1.807, 2.05) is 63.4 Å². The molecule has 0 saturated heterocycles. The fraction of sp³-hybridized carbons (Fsp3) is 0.553. The van der Waals surface area contributed by atoms with Crippen molar-refractivity contribution in [1.82, 2.24) is 0 Å². The van der Waals surface area contributed by atoms with Crippen LogP contribution in [-0.4, -0.2) is 23.1 Å². The smallest absolute Gasteiger partial charge is 0.290 e. The standard InChI is InChI=1S/C25H31ClO2.C10H17N.C7H16.C4H10.CH2O2/c1-8-9-19-15-22(23(27)16(2)3)28-24(19)21(25(5,6)7)14-17(4)18-10-12-20(26)13-11-18;1-5-7-10(4)11-8-9(3)6-2;1-5-6-7(2,3)4;1-3-4-2;2-1-3/h9-16H,8H2,1-7H3;6,8H,2,5,7H2,1,3-4H3;5-6H2,1-4H3;3-4H2,1-2H3;1H,(H,2,3)/b17-14+,19-9+,24-21-;9-8-,11-10?;;;. The van der Waals surface area contributed by atoms with Crippen molar-refractivity contribution < 1.29 is 19.1 Å². The number of unbranched alkanes of at least 4 members (excludes halogenated alkanes) is 1. The first-order chi connectivity index (χ1) is 24.6. The maximum Gasteiger partial charge on any atom is 0.290 e. The summed E-state index contributed by atoms with van der Waals surface area (Å²) in [6, 6.07) is 9.71. The Kier molecular flexibility index (Phi) is 30.5. The maximum atomic E-state index is 12.5. The fourth-order valence-corrected chi connectivity index (χ4v) is 4.60. The van der Waals surface area contributed by atoms with E-state index in [1.165, 1.54) is 31.4 Å². The highest BCUT2D eigenvalue weighted by molar-refractivity contribution is 6.30. The van der Waals surface area contributed by atoms with Crippen LogP contribution >= 0.6 is 11.6 Å². The van der Waals surface area contributed by atoms with Crippen molar-refractivity contribution in [3.8, 4) is 0 Å². The molecule has 0 spiro atoms. The van der Waals surface area contributed by atoms with Gasteiger partial charge in [0, 0.05) is 33.6 Å². The summed E-state index contributed by atoms with van der Waals surface area (Å²) in [5, 5.41) is 8.59. The summed E-state index contributed by atoms with van der Waals surface area (Å²) < 4.78 is 6.15. The number of allylic oxidation sites excluding steroid dienone is 4. The summed E-state index contributed by atoms with van der Waals surface area (Å²) in [7, 11) is 0. The van der Waals surface area contributed by atoms with E-state index in [9.17, 15) is 4.79 Å². The highest BCUT2D eigenvalue weighted by Gasteiger charge is 2.21. The number of benzene rings is 1. The molecule has 0 bridgehead atoms. The quantitative estimate of drug-likeness (QED) is 0.107. The summed E-state index contributed by atoms with van der Waals surface area (Å²) in [6.07, 6.45) is 16.4. The Hall–Kier alpha value is -3.44. The summed E-state index contributed by atoms with van der Waals surface area (Å²) in [5.41, 5.74) is 6.78. The zero-order valence-corrected chi connectivity index (χ0v) is 37.3. The van der Waals surface area contributed by atoms with E-state index in [1.54, 1.807) is 0 Å². The van der Waals surface area contributed by atoms with Crippen LogP contribution < -0.4 is 10.6 Å². The number of hydrogen-bond donors (Lipinski definition) is 1. The topological polar surface area (TPSA) is 79.9 Å². The van der Waals surface area contributed by atoms with Gasteiger partial charge in [-0.1, -0.05) is 164 Å². The van der Waals surface area contributed by atoms with Crippen LogP contribution in [0.1, 0.15) is 172 Å². The van der Waals surface area contributed by atoms with Gasteiger partial charge in [-0.05, 0) is 85.8 Å². The minimum absolute atomic E-state index is 0.0312. The van der Waals surface area contributed by atoms with Gasteiger partial charge in [0.05, 0.1) is 0 Å². The molecule has 6 heteroatoms. The number of carbonyl (C=O) groups is 2. The van der Waals surface area contributed by atoms with Crippen molar-refractivity contribution in [3.05, 3.63) is 87.8 Å². The molecule has 1 aromatic heterocycles. The lowest BCUT2D eigenvalue weighted by molar-refractivity contribution is -0.122. The Balaban J connectivity index is -0.000000815. The van der Waals surface area contributed by atoms with E-state index in [-0.39, 0.29) is 23.6 Å². The van der Waals surface area contributed by atoms with E-state index in [2.05, 4.69) is 114 Å². The average Bonchev–Trinajstić information content (AvgIpc) is 3.49. The number of rotatable bonds is 11. The molecule has 0 aliphatic rings. The first-order valence-electron chi connectivity index (χ1n) is 19.4. The van der Waals surface area contributed by atoms with Gasteiger partial charge < -0.3 is 9.52 Å². The van der Waals surface area contributed by atoms with Crippen LogP contribution in [0.2, 0.25) is 5.02 Å². The van der Waals surface area contributed by atoms with E-state index >= 15 is 0 Å². The highest BCUT2D eigenvalue weighted by atomic mass is 35.5. The Morgan fingerprint density at radius 2 is 1.45 bits per heavy atom. The van der Waals surface area contributed by atoms with E-state index in [0.29, 0.717) is 11.2 Å². The molecule has 1 aromatic carbocycles. The molecule has 2 rings (SSSR count). The molecule has 0 saturated carbocycles. The summed E-state index contributed by atoms with van der Waals surface area (Å²) >= 11 is 6.03. The number of carboxylic acid groups (broad SMARTS) is 1. The zero-order chi connectivity index (χ0) is 41.8. The molecule has 0 aliphatic carbocycles. The molecule has 2 aromatic rings. The van der Waals surface area contributed by atoms with Gasteiger partial charge in [-0.2, -0.15) is 0 Å². The Morgan fingerprint density at radius 3 is 1.81 bits per heavy atom. The lowest BCUT2D eigenvalue weighted by Crippen LogP contribution is -2.27. The number of furan rings is 1. The second-order valence-electron chi connectivity index (χ2n) is 15.6. The van der Waals surface area contributed by atoms with Crippen molar-refractivity contribution in [2.75, 3.05) is 0 Å². The molecule has 0 fully saturated rings. The van der Waals surface area contributed by atoms with Crippen molar-refractivity contribution in [3.63, 3.8) is 0 Å². The SMILES string of the molecule is C=C/C(C)=C\N=C(C)CCC.CCCC.CCCC(C)(C)C.CC\C=c1/cc(C(=O)C(C)C)o/c1=C(/C=C(\C)c1ccc(Cl)cc1)C(C)(C)C.O=CO. The number of Topliss-reactive ketones (excluding diaryl/α,β-unsaturated/α-hetero) is 1. The summed E-state index contributed by atoms with van der Waals surface area (Å²) in [6.45, 7) is 37.5. The average molecular weight is 755 g/mol. The van der Waals surface area contributed by atoms with Crippen LogP contribution in [0.15, 0.2) is 70.2 Å². The maximum absolute atomic E-state index is 12.5. The number of aliphatic imine (C=N–C) groups is 1. The third-order valence-corrected chi connectivity index (χ3v) is 7.84. The van der Waals surface area contributed by atoms with Gasteiger partial charge in [-0.15, -0.1) is 0 Å². The zero-order valence-electron chi connectivity index (χ0n) is 36.5. The van der Waals surface area contributed by atoms with Gasteiger partial charge in [0.15, 0.2) is 5.76 Å². The third-order valence-electron chi connectivity index (χ3n) is 7.59. The second-order valence-corrected chi connectivity index (χ2v) is 16.1. The largest absolute Gasteiger partial charge is 0.483 e. The molecule has 0 aliphatic heterocycles. The first-order valence-corrected chi connectivity index (χ1v) is 19.7. The molecule has 1 N–H and O–H groups in total. The lowest BCUT2D eigenvalue weighted by Gasteiger charge is -2.20. The predicted molar refractivity (Wildman–Crippen MR) is 235 cm³/mol. The third kappa shape index (κ3) is 26.9. The molecular weight excluding hydrogens is 678 g/mol.